The molecule has 1 radical (unpaired) electrons. The highest BCUT2D eigenvalue weighted by Gasteiger charge is 2.03. The van der Waals surface area contributed by atoms with Gasteiger partial charge in [-0.15, -0.1) is 0 Å². The number of hydrogen-bond donors (Lipinski definition) is 0. The van der Waals surface area contributed by atoms with Crippen molar-refractivity contribution in [1.29, 1.82) is 0 Å². The quantitative estimate of drug-likeness (QED) is 0.580. The molecule has 0 aliphatic carbocycles. The van der Waals surface area contributed by atoms with Gasteiger partial charge in [0.05, 0.1) is 10.9 Å². The smallest absolute Gasteiger partial charge is 0.189 e. The molecule has 0 spiro atoms. The van der Waals surface area contributed by atoms with Crippen molar-refractivity contribution >= 4 is 10.9 Å². The van der Waals surface area contributed by atoms with Crippen LogP contribution in [-0.2, 0) is 5.11 Å². The van der Waals surface area contributed by atoms with E-state index in [0.29, 0.717) is 0 Å². The van der Waals surface area contributed by atoms with Gasteiger partial charge in [0.25, 0.3) is 0 Å². The molecule has 2 nitrogen and oxygen atoms in total. The minimum absolute atomic E-state index is 0.0538. The number of hydrogen-bond acceptors (Lipinski definition) is 1. The van der Waals surface area contributed by atoms with E-state index in [4.69, 9.17) is 0 Å². The summed E-state index contributed by atoms with van der Waals surface area (Å²) < 4.78 is 0. The molecule has 1 heterocycles. The first-order chi connectivity index (χ1) is 5.79. The molecule has 0 amide bonds. The van der Waals surface area contributed by atoms with Gasteiger partial charge in [0.1, 0.15) is 0 Å². The lowest BCUT2D eigenvalue weighted by molar-refractivity contribution is 0.360. The number of nitrogens with zero attached hydrogens (tertiary/aromatic N) is 1. The number of pyridine rings is 1. The van der Waals surface area contributed by atoms with Crippen LogP contribution >= 0.6 is 0 Å². The van der Waals surface area contributed by atoms with Gasteiger partial charge in [-0.25, -0.2) is 0 Å². The molecule has 0 unspecified atom stereocenters. The normalized spacial score (nSPS) is 10.4. The van der Waals surface area contributed by atoms with E-state index in [2.05, 4.69) is 4.98 Å². The fraction of sp³-hybridized carbons (Fsp3) is 0.100. The van der Waals surface area contributed by atoms with Gasteiger partial charge in [-0.3, -0.25) is 10.1 Å². The molecule has 59 valence electrons. The van der Waals surface area contributed by atoms with Crippen molar-refractivity contribution in [3.05, 3.63) is 36.0 Å². The van der Waals surface area contributed by atoms with Gasteiger partial charge in [-0.2, -0.15) is 0 Å². The maximum absolute atomic E-state index is 11.4. The molecule has 0 aliphatic heterocycles. The Kier molecular flexibility index (Phi) is 1.47. The molecule has 0 saturated carbocycles. The van der Waals surface area contributed by atoms with Gasteiger partial charge in [-0.1, -0.05) is 12.1 Å². The van der Waals surface area contributed by atoms with Crippen LogP contribution in [0.3, 0.4) is 0 Å². The summed E-state index contributed by atoms with van der Waals surface area (Å²) in [7, 11) is 0. The van der Waals surface area contributed by atoms with Crippen molar-refractivity contribution in [2.24, 2.45) is 0 Å². The lowest BCUT2D eigenvalue weighted by Crippen LogP contribution is -1.80. The fourth-order valence-corrected chi connectivity index (χ4v) is 1.35. The Bertz CT molecular complexity index is 386. The van der Waals surface area contributed by atoms with Crippen LogP contribution < -0.4 is 0 Å². The molecule has 0 aliphatic rings. The lowest BCUT2D eigenvalue weighted by atomic mass is 10.1. The molecule has 0 N–H and O–H groups in total. The summed E-state index contributed by atoms with van der Waals surface area (Å²) in [6.45, 7) is 1.92. The molecule has 0 saturated heterocycles. The van der Waals surface area contributed by atoms with Gasteiger partial charge in [-0.05, 0) is 18.6 Å². The van der Waals surface area contributed by atoms with E-state index in [9.17, 15) is 5.11 Å². The van der Waals surface area contributed by atoms with E-state index in [-0.39, 0.29) is 5.75 Å². The third-order valence-corrected chi connectivity index (χ3v) is 1.94. The minimum Gasteiger partial charge on any atom is -0.289 e. The minimum atomic E-state index is 0.0538. The third kappa shape index (κ3) is 0.925. The molecular formula is C10H8NO. The summed E-state index contributed by atoms with van der Waals surface area (Å²) in [5.41, 5.74) is 1.77. The molecular weight excluding hydrogens is 150 g/mol. The Hall–Kier alpha value is -1.57. The van der Waals surface area contributed by atoms with E-state index in [1.54, 1.807) is 6.20 Å². The highest BCUT2D eigenvalue weighted by atomic mass is 16.3. The maximum Gasteiger partial charge on any atom is 0.189 e. The van der Waals surface area contributed by atoms with Crippen LogP contribution in [-0.4, -0.2) is 4.98 Å². The zero-order valence-electron chi connectivity index (χ0n) is 6.74. The molecule has 12 heavy (non-hydrogen) atoms. The number of aryl methyl sites for hydroxylation is 1. The van der Waals surface area contributed by atoms with Crippen molar-refractivity contribution in [3.63, 3.8) is 0 Å². The summed E-state index contributed by atoms with van der Waals surface area (Å²) >= 11 is 0. The maximum atomic E-state index is 11.4. The van der Waals surface area contributed by atoms with E-state index < -0.39 is 0 Å². The highest BCUT2D eigenvalue weighted by Crippen LogP contribution is 2.25. The molecule has 1 aromatic carbocycles. The number of aromatic nitrogens is 1. The van der Waals surface area contributed by atoms with Gasteiger partial charge >= 0.3 is 0 Å². The van der Waals surface area contributed by atoms with Crippen LogP contribution in [0.1, 0.15) is 5.56 Å². The van der Waals surface area contributed by atoms with E-state index >= 15 is 0 Å². The summed E-state index contributed by atoms with van der Waals surface area (Å²) in [6, 6.07) is 7.18. The predicted octanol–water partition coefficient (Wildman–Crippen LogP) is 2.69. The molecule has 0 atom stereocenters. The second kappa shape index (κ2) is 2.48. The average molecular weight is 158 g/mol. The Balaban J connectivity index is 2.96. The second-order valence-corrected chi connectivity index (χ2v) is 2.78. The number of fused-ring (bicyclic) bond motifs is 1. The first-order valence-electron chi connectivity index (χ1n) is 3.80. The summed E-state index contributed by atoms with van der Waals surface area (Å²) in [4.78, 5) is 4.10. The zero-order chi connectivity index (χ0) is 8.55. The van der Waals surface area contributed by atoms with Crippen molar-refractivity contribution in [2.45, 2.75) is 6.92 Å². The van der Waals surface area contributed by atoms with Crippen LogP contribution in [0.2, 0.25) is 0 Å². The van der Waals surface area contributed by atoms with Crippen LogP contribution in [0.25, 0.3) is 10.9 Å². The van der Waals surface area contributed by atoms with Gasteiger partial charge in [0, 0.05) is 12.3 Å². The molecule has 0 fully saturated rings. The standard InChI is InChI=1S/C10H8NO/c1-7-3-2-4-8-10(7)9(12)5-6-11-8/h2-6H,1H3. The van der Waals surface area contributed by atoms with Crippen LogP contribution in [0.4, 0.5) is 0 Å². The summed E-state index contributed by atoms with van der Waals surface area (Å²) in [5.74, 6) is 0.0538. The zero-order valence-corrected chi connectivity index (χ0v) is 6.74. The largest absolute Gasteiger partial charge is 0.289 e. The molecule has 2 aromatic rings. The van der Waals surface area contributed by atoms with Crippen LogP contribution in [0, 0.1) is 6.92 Å². The Morgan fingerprint density at radius 3 is 2.83 bits per heavy atom. The molecule has 1 aromatic heterocycles. The van der Waals surface area contributed by atoms with Gasteiger partial charge in [0.2, 0.25) is 0 Å². The molecule has 2 heteroatoms. The van der Waals surface area contributed by atoms with Crippen molar-refractivity contribution in [3.8, 4) is 5.75 Å². The average Bonchev–Trinajstić information content (AvgIpc) is 2.04. The lowest BCUT2D eigenvalue weighted by Gasteiger charge is -1.99. The topological polar surface area (TPSA) is 32.8 Å². The Labute approximate surface area is 70.5 Å². The number of benzene rings is 1. The van der Waals surface area contributed by atoms with Crippen LogP contribution in [0.5, 0.6) is 5.75 Å². The van der Waals surface area contributed by atoms with Gasteiger partial charge < -0.3 is 0 Å². The van der Waals surface area contributed by atoms with E-state index in [1.807, 2.05) is 25.1 Å². The van der Waals surface area contributed by atoms with Crippen molar-refractivity contribution in [2.75, 3.05) is 0 Å². The van der Waals surface area contributed by atoms with Crippen molar-refractivity contribution < 1.29 is 5.11 Å². The highest BCUT2D eigenvalue weighted by molar-refractivity contribution is 5.87. The second-order valence-electron chi connectivity index (χ2n) is 2.78. The first-order valence-corrected chi connectivity index (χ1v) is 3.80. The third-order valence-electron chi connectivity index (χ3n) is 1.94. The summed E-state index contributed by atoms with van der Waals surface area (Å²) in [5, 5.41) is 12.1. The Morgan fingerprint density at radius 2 is 2.08 bits per heavy atom. The summed E-state index contributed by atoms with van der Waals surface area (Å²) in [6.07, 6.45) is 1.55. The molecule has 2 rings (SSSR count). The fourth-order valence-electron chi connectivity index (χ4n) is 1.35. The predicted molar refractivity (Wildman–Crippen MR) is 46.6 cm³/mol. The van der Waals surface area contributed by atoms with Crippen LogP contribution in [0.15, 0.2) is 30.5 Å². The first kappa shape index (κ1) is 7.10. The monoisotopic (exact) mass is 158 g/mol. The van der Waals surface area contributed by atoms with Crippen molar-refractivity contribution in [1.82, 2.24) is 4.98 Å². The van der Waals surface area contributed by atoms with E-state index in [1.165, 1.54) is 6.07 Å². The van der Waals surface area contributed by atoms with E-state index in [0.717, 1.165) is 16.5 Å². The molecule has 0 bridgehead atoms. The SMILES string of the molecule is Cc1cccc2nccc([O])c12. The Morgan fingerprint density at radius 1 is 1.25 bits per heavy atom. The number of rotatable bonds is 0. The van der Waals surface area contributed by atoms with Gasteiger partial charge in [0.15, 0.2) is 5.75 Å².